The summed E-state index contributed by atoms with van der Waals surface area (Å²) in [5, 5.41) is 2.70. The first-order chi connectivity index (χ1) is 12.6. The second-order valence-electron chi connectivity index (χ2n) is 6.44. The molecule has 1 aliphatic heterocycles. The number of carbonyl (C=O) groups is 2. The van der Waals surface area contributed by atoms with Gasteiger partial charge in [-0.1, -0.05) is 30.3 Å². The summed E-state index contributed by atoms with van der Waals surface area (Å²) in [6, 6.07) is 11.8. The minimum absolute atomic E-state index is 0.0536. The highest BCUT2D eigenvalue weighted by molar-refractivity contribution is 5.87. The van der Waals surface area contributed by atoms with Gasteiger partial charge in [-0.2, -0.15) is 0 Å². The lowest BCUT2D eigenvalue weighted by Gasteiger charge is -2.41. The van der Waals surface area contributed by atoms with E-state index in [9.17, 15) is 9.59 Å². The summed E-state index contributed by atoms with van der Waals surface area (Å²) < 4.78 is 5.97. The minimum atomic E-state index is -1.10. The Balaban J connectivity index is 1.99. The fourth-order valence-electron chi connectivity index (χ4n) is 3.39. The topological polar surface area (TPSA) is 71.5 Å². The van der Waals surface area contributed by atoms with Crippen LogP contribution in [-0.4, -0.2) is 54.0 Å². The Bertz CT molecular complexity index is 794. The number of amides is 2. The van der Waals surface area contributed by atoms with Crippen LogP contribution in [0.3, 0.4) is 0 Å². The Kier molecular flexibility index (Phi) is 5.32. The van der Waals surface area contributed by atoms with Gasteiger partial charge >= 0.3 is 0 Å². The van der Waals surface area contributed by atoms with E-state index in [0.29, 0.717) is 19.6 Å². The number of benzene rings is 1. The maximum atomic E-state index is 12.7. The predicted octanol–water partition coefficient (Wildman–Crippen LogP) is 1.65. The van der Waals surface area contributed by atoms with E-state index in [1.54, 1.807) is 24.3 Å². The summed E-state index contributed by atoms with van der Waals surface area (Å²) in [4.78, 5) is 30.5. The summed E-state index contributed by atoms with van der Waals surface area (Å²) in [7, 11) is 1.59. The van der Waals surface area contributed by atoms with Gasteiger partial charge in [0.05, 0.1) is 13.2 Å². The van der Waals surface area contributed by atoms with Gasteiger partial charge in [0.1, 0.15) is 0 Å². The largest absolute Gasteiger partial charge is 0.361 e. The maximum Gasteiger partial charge on any atom is 0.254 e. The number of morpholine rings is 1. The molecule has 6 heteroatoms. The number of pyridine rings is 1. The highest BCUT2D eigenvalue weighted by Gasteiger charge is 2.44. The Labute approximate surface area is 153 Å². The van der Waals surface area contributed by atoms with Gasteiger partial charge in [0.15, 0.2) is 5.60 Å². The first-order valence-electron chi connectivity index (χ1n) is 8.66. The van der Waals surface area contributed by atoms with Crippen LogP contribution in [0.15, 0.2) is 48.8 Å². The van der Waals surface area contributed by atoms with E-state index in [0.717, 1.165) is 16.7 Å². The average Bonchev–Trinajstić information content (AvgIpc) is 2.68. The Morgan fingerprint density at radius 2 is 2.08 bits per heavy atom. The van der Waals surface area contributed by atoms with Crippen LogP contribution in [0.4, 0.5) is 0 Å². The van der Waals surface area contributed by atoms with Gasteiger partial charge in [-0.15, -0.1) is 0 Å². The number of nitrogens with zero attached hydrogens (tertiary/aromatic N) is 2. The molecule has 6 nitrogen and oxygen atoms in total. The van der Waals surface area contributed by atoms with Crippen molar-refractivity contribution in [3.05, 3.63) is 54.4 Å². The number of aromatic nitrogens is 1. The van der Waals surface area contributed by atoms with Crippen molar-refractivity contribution in [1.82, 2.24) is 15.2 Å². The third-order valence-corrected chi connectivity index (χ3v) is 4.74. The summed E-state index contributed by atoms with van der Waals surface area (Å²) in [6.07, 6.45) is 3.91. The van der Waals surface area contributed by atoms with E-state index >= 15 is 0 Å². The van der Waals surface area contributed by atoms with Gasteiger partial charge in [-0.3, -0.25) is 14.6 Å². The third-order valence-electron chi connectivity index (χ3n) is 4.74. The fourth-order valence-corrected chi connectivity index (χ4v) is 3.39. The van der Waals surface area contributed by atoms with Crippen LogP contribution < -0.4 is 5.32 Å². The second kappa shape index (κ2) is 7.66. The molecule has 0 bridgehead atoms. The zero-order chi connectivity index (χ0) is 18.6. The lowest BCUT2D eigenvalue weighted by molar-refractivity contribution is -0.164. The molecule has 1 atom stereocenters. The molecular weight excluding hydrogens is 330 g/mol. The van der Waals surface area contributed by atoms with Crippen LogP contribution in [0.2, 0.25) is 0 Å². The molecule has 1 N–H and O–H groups in total. The Hall–Kier alpha value is -2.73. The lowest BCUT2D eigenvalue weighted by Crippen LogP contribution is -2.61. The smallest absolute Gasteiger partial charge is 0.254 e. The summed E-state index contributed by atoms with van der Waals surface area (Å²) in [5.41, 5.74) is 1.87. The van der Waals surface area contributed by atoms with E-state index in [4.69, 9.17) is 4.74 Å². The minimum Gasteiger partial charge on any atom is -0.361 e. The highest BCUT2D eigenvalue weighted by atomic mass is 16.5. The highest BCUT2D eigenvalue weighted by Crippen LogP contribution is 2.30. The van der Waals surface area contributed by atoms with Gasteiger partial charge in [0.2, 0.25) is 5.91 Å². The summed E-state index contributed by atoms with van der Waals surface area (Å²) in [5.74, 6) is -0.272. The standard InChI is InChI=1S/C20H23N3O3/c1-15(24)23-10-11-26-20(14-23,19(25)21-2)12-16-6-3-4-8-18(16)17-7-5-9-22-13-17/h3-9,13H,10-12,14H2,1-2H3,(H,21,25). The molecule has 2 amide bonds. The van der Waals surface area contributed by atoms with Crippen molar-refractivity contribution < 1.29 is 14.3 Å². The lowest BCUT2D eigenvalue weighted by atomic mass is 9.87. The van der Waals surface area contributed by atoms with Gasteiger partial charge in [-0.05, 0) is 17.2 Å². The number of carbonyl (C=O) groups excluding carboxylic acids is 2. The molecule has 136 valence electrons. The zero-order valence-electron chi connectivity index (χ0n) is 15.1. The van der Waals surface area contributed by atoms with Crippen molar-refractivity contribution in [3.63, 3.8) is 0 Å². The number of nitrogens with one attached hydrogen (secondary N) is 1. The van der Waals surface area contributed by atoms with Crippen molar-refractivity contribution in [1.29, 1.82) is 0 Å². The molecule has 2 aromatic rings. The van der Waals surface area contributed by atoms with Gasteiger partial charge in [0, 0.05) is 44.9 Å². The van der Waals surface area contributed by atoms with E-state index in [-0.39, 0.29) is 18.4 Å². The van der Waals surface area contributed by atoms with Crippen molar-refractivity contribution in [2.24, 2.45) is 0 Å². The van der Waals surface area contributed by atoms with Crippen LogP contribution in [-0.2, 0) is 20.7 Å². The number of ether oxygens (including phenoxy) is 1. The zero-order valence-corrected chi connectivity index (χ0v) is 15.1. The van der Waals surface area contributed by atoms with Gasteiger partial charge in [0.25, 0.3) is 5.91 Å². The Morgan fingerprint density at radius 3 is 2.77 bits per heavy atom. The summed E-state index contributed by atoms with van der Waals surface area (Å²) >= 11 is 0. The third kappa shape index (κ3) is 3.60. The van der Waals surface area contributed by atoms with Crippen molar-refractivity contribution in [3.8, 4) is 11.1 Å². The van der Waals surface area contributed by atoms with E-state index < -0.39 is 5.60 Å². The van der Waals surface area contributed by atoms with Crippen LogP contribution in [0.25, 0.3) is 11.1 Å². The van der Waals surface area contributed by atoms with Gasteiger partial charge < -0.3 is 15.0 Å². The molecular formula is C20H23N3O3. The monoisotopic (exact) mass is 353 g/mol. The van der Waals surface area contributed by atoms with E-state index in [2.05, 4.69) is 10.3 Å². The quantitative estimate of drug-likeness (QED) is 0.907. The van der Waals surface area contributed by atoms with E-state index in [1.165, 1.54) is 6.92 Å². The molecule has 2 heterocycles. The Morgan fingerprint density at radius 1 is 1.27 bits per heavy atom. The predicted molar refractivity (Wildman–Crippen MR) is 98.4 cm³/mol. The molecule has 1 unspecified atom stereocenters. The molecule has 1 fully saturated rings. The van der Waals surface area contributed by atoms with Crippen molar-refractivity contribution >= 4 is 11.8 Å². The molecule has 26 heavy (non-hydrogen) atoms. The molecule has 1 aromatic heterocycles. The summed E-state index contributed by atoms with van der Waals surface area (Å²) in [6.45, 7) is 2.59. The second-order valence-corrected chi connectivity index (χ2v) is 6.44. The molecule has 0 spiro atoms. The first-order valence-corrected chi connectivity index (χ1v) is 8.66. The van der Waals surface area contributed by atoms with Crippen LogP contribution in [0.5, 0.6) is 0 Å². The molecule has 1 aliphatic rings. The van der Waals surface area contributed by atoms with Crippen LogP contribution in [0, 0.1) is 0 Å². The molecule has 0 radical (unpaired) electrons. The average molecular weight is 353 g/mol. The number of likely N-dealkylation sites (N-methyl/N-ethyl adjacent to an activating group) is 1. The molecule has 3 rings (SSSR count). The van der Waals surface area contributed by atoms with Crippen molar-refractivity contribution in [2.75, 3.05) is 26.7 Å². The first kappa shape index (κ1) is 18.1. The normalized spacial score (nSPS) is 19.8. The fraction of sp³-hybridized carbons (Fsp3) is 0.350. The van der Waals surface area contributed by atoms with E-state index in [1.807, 2.05) is 36.4 Å². The molecule has 0 saturated carbocycles. The van der Waals surface area contributed by atoms with Gasteiger partial charge in [-0.25, -0.2) is 0 Å². The van der Waals surface area contributed by atoms with Crippen molar-refractivity contribution in [2.45, 2.75) is 18.9 Å². The molecule has 1 aromatic carbocycles. The van der Waals surface area contributed by atoms with Crippen LogP contribution in [0.1, 0.15) is 12.5 Å². The van der Waals surface area contributed by atoms with Crippen LogP contribution >= 0.6 is 0 Å². The number of hydrogen-bond acceptors (Lipinski definition) is 4. The molecule has 0 aliphatic carbocycles. The SMILES string of the molecule is CNC(=O)C1(Cc2ccccc2-c2cccnc2)CN(C(C)=O)CCO1. The molecule has 1 saturated heterocycles. The number of hydrogen-bond donors (Lipinski definition) is 1. The maximum absolute atomic E-state index is 12.7. The number of rotatable bonds is 4.